The van der Waals surface area contributed by atoms with Crippen LogP contribution in [0.3, 0.4) is 0 Å². The van der Waals surface area contributed by atoms with E-state index in [0.29, 0.717) is 6.42 Å². The van der Waals surface area contributed by atoms with Crippen LogP contribution in [0.5, 0.6) is 0 Å². The zero-order valence-corrected chi connectivity index (χ0v) is 12.4. The van der Waals surface area contributed by atoms with Crippen molar-refractivity contribution in [2.24, 2.45) is 0 Å². The molecule has 0 heterocycles. The van der Waals surface area contributed by atoms with Crippen LogP contribution in [-0.2, 0) is 28.3 Å². The van der Waals surface area contributed by atoms with E-state index in [9.17, 15) is 4.79 Å². The van der Waals surface area contributed by atoms with Crippen LogP contribution in [-0.4, -0.2) is 12.5 Å². The number of hydrogen-bond acceptors (Lipinski definition) is 1. The Kier molecular flexibility index (Phi) is 11.0. The Morgan fingerprint density at radius 1 is 1.16 bits per heavy atom. The normalized spacial score (nSPS) is 8.89. The first-order valence-electron chi connectivity index (χ1n) is 6.47. The molecule has 0 saturated carbocycles. The minimum Gasteiger partial charge on any atom is -0.357 e. The molecular weight excluding hydrogens is 278 g/mol. The van der Waals surface area contributed by atoms with Gasteiger partial charge in [-0.05, 0) is 6.42 Å². The molecule has 0 spiro atoms. The summed E-state index contributed by atoms with van der Waals surface area (Å²) in [5.41, 5.74) is 1.29. The SMILES string of the molecule is CCCC(=O)NCC[c-]1cccc1.[Fe+2].c1cc[cH-]c1. The van der Waals surface area contributed by atoms with Crippen molar-refractivity contribution in [2.45, 2.75) is 26.2 Å². The largest absolute Gasteiger partial charge is 2.00 e. The average Bonchev–Trinajstić information content (AvgIpc) is 3.05. The molecule has 0 radical (unpaired) electrons. The van der Waals surface area contributed by atoms with E-state index in [1.54, 1.807) is 0 Å². The average molecular weight is 299 g/mol. The van der Waals surface area contributed by atoms with Gasteiger partial charge in [-0.15, -0.1) is 0 Å². The van der Waals surface area contributed by atoms with Crippen LogP contribution >= 0.6 is 0 Å². The first-order chi connectivity index (χ1) is 8.83. The Morgan fingerprint density at radius 2 is 1.79 bits per heavy atom. The van der Waals surface area contributed by atoms with Gasteiger partial charge in [-0.25, -0.2) is 24.3 Å². The third kappa shape index (κ3) is 9.29. The molecule has 0 aliphatic carbocycles. The third-order valence-electron chi connectivity index (χ3n) is 2.50. The quantitative estimate of drug-likeness (QED) is 0.666. The molecule has 0 atom stereocenters. The summed E-state index contributed by atoms with van der Waals surface area (Å²) in [6, 6.07) is 18.2. The molecule has 2 nitrogen and oxygen atoms in total. The minimum atomic E-state index is 0. The Morgan fingerprint density at radius 3 is 2.26 bits per heavy atom. The Hall–Kier alpha value is -1.31. The first kappa shape index (κ1) is 17.7. The Bertz CT molecular complexity index is 375. The van der Waals surface area contributed by atoms with E-state index in [0.717, 1.165) is 19.4 Å². The zero-order chi connectivity index (χ0) is 13.1. The Balaban J connectivity index is 0.000000454. The molecule has 2 aromatic carbocycles. The second-order valence-electron chi connectivity index (χ2n) is 4.11. The summed E-state index contributed by atoms with van der Waals surface area (Å²) in [5.74, 6) is 0.161. The number of nitrogens with one attached hydrogen (secondary N) is 1. The maximum Gasteiger partial charge on any atom is 2.00 e. The fourth-order valence-corrected chi connectivity index (χ4v) is 1.56. The van der Waals surface area contributed by atoms with Gasteiger partial charge in [-0.2, -0.15) is 35.9 Å². The number of carbonyl (C=O) groups excluding carboxylic acids is 1. The summed E-state index contributed by atoms with van der Waals surface area (Å²) in [6.07, 6.45) is 2.49. The van der Waals surface area contributed by atoms with Gasteiger partial charge in [-0.1, -0.05) is 13.3 Å². The van der Waals surface area contributed by atoms with E-state index in [1.807, 2.05) is 49.4 Å². The summed E-state index contributed by atoms with van der Waals surface area (Å²) >= 11 is 0. The number of hydrogen-bond donors (Lipinski definition) is 1. The monoisotopic (exact) mass is 299 g/mol. The molecule has 19 heavy (non-hydrogen) atoms. The van der Waals surface area contributed by atoms with Gasteiger partial charge in [0.2, 0.25) is 5.91 Å². The zero-order valence-electron chi connectivity index (χ0n) is 11.3. The van der Waals surface area contributed by atoms with E-state index < -0.39 is 0 Å². The number of amides is 1. The molecule has 0 saturated heterocycles. The number of rotatable bonds is 5. The maximum absolute atomic E-state index is 11.1. The summed E-state index contributed by atoms with van der Waals surface area (Å²) in [7, 11) is 0. The van der Waals surface area contributed by atoms with E-state index >= 15 is 0 Å². The van der Waals surface area contributed by atoms with Crippen LogP contribution in [0, 0.1) is 0 Å². The van der Waals surface area contributed by atoms with Crippen LogP contribution in [0.4, 0.5) is 0 Å². The molecule has 2 aromatic rings. The van der Waals surface area contributed by atoms with Crippen LogP contribution < -0.4 is 5.32 Å². The van der Waals surface area contributed by atoms with Gasteiger partial charge < -0.3 is 5.32 Å². The minimum absolute atomic E-state index is 0. The van der Waals surface area contributed by atoms with Crippen LogP contribution in [0.1, 0.15) is 25.3 Å². The fraction of sp³-hybridized carbons (Fsp3) is 0.312. The molecule has 0 aliphatic heterocycles. The molecule has 3 heteroatoms. The second kappa shape index (κ2) is 11.8. The van der Waals surface area contributed by atoms with Crippen LogP contribution in [0.15, 0.2) is 54.6 Å². The predicted octanol–water partition coefficient (Wildman–Crippen LogP) is 3.27. The van der Waals surface area contributed by atoms with Crippen LogP contribution in [0.2, 0.25) is 0 Å². The molecule has 1 N–H and O–H groups in total. The van der Waals surface area contributed by atoms with Gasteiger partial charge in [0.25, 0.3) is 0 Å². The topological polar surface area (TPSA) is 29.1 Å². The van der Waals surface area contributed by atoms with Crippen molar-refractivity contribution < 1.29 is 21.9 Å². The molecule has 104 valence electrons. The Labute approximate surface area is 126 Å². The van der Waals surface area contributed by atoms with Crippen molar-refractivity contribution in [3.63, 3.8) is 0 Å². The second-order valence-corrected chi connectivity index (χ2v) is 4.11. The van der Waals surface area contributed by atoms with Gasteiger partial charge in [-0.3, -0.25) is 4.79 Å². The summed E-state index contributed by atoms with van der Waals surface area (Å²) in [6.45, 7) is 2.76. The van der Waals surface area contributed by atoms with Gasteiger partial charge in [0.1, 0.15) is 0 Å². The molecule has 0 fully saturated rings. The molecule has 1 amide bonds. The molecule has 0 aliphatic rings. The summed E-state index contributed by atoms with van der Waals surface area (Å²) in [5, 5.41) is 2.88. The first-order valence-corrected chi connectivity index (χ1v) is 6.47. The van der Waals surface area contributed by atoms with Gasteiger partial charge in [0.15, 0.2) is 0 Å². The summed E-state index contributed by atoms with van der Waals surface area (Å²) < 4.78 is 0. The summed E-state index contributed by atoms with van der Waals surface area (Å²) in [4.78, 5) is 11.1. The van der Waals surface area contributed by atoms with Gasteiger partial charge in [0.05, 0.1) is 0 Å². The van der Waals surface area contributed by atoms with E-state index in [4.69, 9.17) is 0 Å². The van der Waals surface area contributed by atoms with Crippen molar-refractivity contribution in [1.82, 2.24) is 5.32 Å². The number of carbonyl (C=O) groups is 1. The van der Waals surface area contributed by atoms with Crippen molar-refractivity contribution in [2.75, 3.05) is 6.54 Å². The van der Waals surface area contributed by atoms with E-state index in [-0.39, 0.29) is 23.0 Å². The van der Waals surface area contributed by atoms with E-state index in [1.165, 1.54) is 5.56 Å². The van der Waals surface area contributed by atoms with Gasteiger partial charge in [0, 0.05) is 13.0 Å². The third-order valence-corrected chi connectivity index (χ3v) is 2.50. The van der Waals surface area contributed by atoms with Crippen molar-refractivity contribution in [3.05, 3.63) is 60.2 Å². The molecular formula is C16H21FeNO. The molecule has 2 rings (SSSR count). The predicted molar refractivity (Wildman–Crippen MR) is 75.7 cm³/mol. The van der Waals surface area contributed by atoms with Crippen LogP contribution in [0.25, 0.3) is 0 Å². The maximum atomic E-state index is 11.1. The molecule has 0 unspecified atom stereocenters. The smallest absolute Gasteiger partial charge is 0.357 e. The fourth-order valence-electron chi connectivity index (χ4n) is 1.56. The molecule has 0 bridgehead atoms. The van der Waals surface area contributed by atoms with Crippen molar-refractivity contribution in [1.29, 1.82) is 0 Å². The molecule has 0 aromatic heterocycles. The van der Waals surface area contributed by atoms with Gasteiger partial charge >= 0.3 is 17.1 Å². The van der Waals surface area contributed by atoms with E-state index in [2.05, 4.69) is 17.4 Å². The van der Waals surface area contributed by atoms with Crippen molar-refractivity contribution >= 4 is 5.91 Å². The standard InChI is InChI=1S/C11H16NO.C5H5.Fe/c1-2-5-11(13)12-9-8-10-6-3-4-7-10;1-2-4-5-3-1;/h3-4,6-7H,2,5,8-9H2,1H3,(H,12,13);1-5H;/q2*-1;+2. The van der Waals surface area contributed by atoms with Crippen molar-refractivity contribution in [3.8, 4) is 0 Å².